The SMILES string of the molecule is C1COCCCC2(C1)CC2. The van der Waals surface area contributed by atoms with Gasteiger partial charge in [0.15, 0.2) is 0 Å². The maximum atomic E-state index is 5.40. The summed E-state index contributed by atoms with van der Waals surface area (Å²) >= 11 is 0. The zero-order valence-corrected chi connectivity index (χ0v) is 6.57. The fraction of sp³-hybridized carbons (Fsp3) is 1.00. The van der Waals surface area contributed by atoms with E-state index in [0.717, 1.165) is 18.6 Å². The Bertz CT molecular complexity index is 106. The number of hydrogen-bond acceptors (Lipinski definition) is 1. The van der Waals surface area contributed by atoms with E-state index in [1.165, 1.54) is 38.5 Å². The third-order valence-corrected chi connectivity index (χ3v) is 2.95. The Kier molecular flexibility index (Phi) is 1.69. The van der Waals surface area contributed by atoms with Crippen LogP contribution >= 0.6 is 0 Å². The van der Waals surface area contributed by atoms with Crippen LogP contribution in [0.15, 0.2) is 0 Å². The maximum Gasteiger partial charge on any atom is 0.0466 e. The van der Waals surface area contributed by atoms with Crippen LogP contribution in [0.5, 0.6) is 0 Å². The standard InChI is InChI=1S/C9H16O/c1-3-9(5-6-9)4-2-8-10-7-1/h1-8H2. The van der Waals surface area contributed by atoms with E-state index < -0.39 is 0 Å². The summed E-state index contributed by atoms with van der Waals surface area (Å²) in [6.07, 6.45) is 8.50. The highest BCUT2D eigenvalue weighted by atomic mass is 16.5. The molecule has 1 nitrogen and oxygen atoms in total. The van der Waals surface area contributed by atoms with Crippen molar-refractivity contribution in [3.8, 4) is 0 Å². The van der Waals surface area contributed by atoms with Gasteiger partial charge in [-0.15, -0.1) is 0 Å². The molecule has 0 aromatic rings. The predicted molar refractivity (Wildman–Crippen MR) is 41.0 cm³/mol. The summed E-state index contributed by atoms with van der Waals surface area (Å²) in [5.41, 5.74) is 0.823. The highest BCUT2D eigenvalue weighted by molar-refractivity contribution is 4.92. The lowest BCUT2D eigenvalue weighted by Crippen LogP contribution is -2.09. The molecule has 10 heavy (non-hydrogen) atoms. The second-order valence-corrected chi connectivity index (χ2v) is 3.82. The van der Waals surface area contributed by atoms with Crippen LogP contribution in [0.4, 0.5) is 0 Å². The zero-order chi connectivity index (χ0) is 6.86. The molecule has 0 atom stereocenters. The van der Waals surface area contributed by atoms with E-state index in [1.54, 1.807) is 0 Å². The van der Waals surface area contributed by atoms with Crippen molar-refractivity contribution in [2.75, 3.05) is 13.2 Å². The van der Waals surface area contributed by atoms with E-state index in [-0.39, 0.29) is 0 Å². The minimum Gasteiger partial charge on any atom is -0.381 e. The Hall–Kier alpha value is -0.0400. The van der Waals surface area contributed by atoms with Gasteiger partial charge in [0.05, 0.1) is 0 Å². The lowest BCUT2D eigenvalue weighted by molar-refractivity contribution is 0.101. The molecule has 0 bridgehead atoms. The Labute approximate surface area is 62.8 Å². The van der Waals surface area contributed by atoms with Crippen molar-refractivity contribution in [2.45, 2.75) is 38.5 Å². The molecular formula is C9H16O. The Balaban J connectivity index is 1.84. The van der Waals surface area contributed by atoms with Crippen molar-refractivity contribution in [3.05, 3.63) is 0 Å². The topological polar surface area (TPSA) is 9.23 Å². The summed E-state index contributed by atoms with van der Waals surface area (Å²) in [6.45, 7) is 2.03. The molecule has 0 amide bonds. The third kappa shape index (κ3) is 1.34. The number of hydrogen-bond donors (Lipinski definition) is 0. The first kappa shape index (κ1) is 6.66. The fourth-order valence-corrected chi connectivity index (χ4v) is 2.00. The molecule has 0 aromatic heterocycles. The molecule has 1 aliphatic heterocycles. The molecule has 2 rings (SSSR count). The van der Waals surface area contributed by atoms with Gasteiger partial charge in [0.1, 0.15) is 0 Å². The molecule has 1 saturated heterocycles. The number of rotatable bonds is 0. The molecule has 1 aliphatic carbocycles. The first-order valence-electron chi connectivity index (χ1n) is 4.49. The van der Waals surface area contributed by atoms with Gasteiger partial charge in [-0.1, -0.05) is 0 Å². The van der Waals surface area contributed by atoms with Crippen molar-refractivity contribution in [2.24, 2.45) is 5.41 Å². The normalized spacial score (nSPS) is 31.2. The second kappa shape index (κ2) is 2.54. The first-order valence-corrected chi connectivity index (χ1v) is 4.49. The lowest BCUT2D eigenvalue weighted by Gasteiger charge is -2.17. The van der Waals surface area contributed by atoms with Gasteiger partial charge in [0.25, 0.3) is 0 Å². The van der Waals surface area contributed by atoms with Crippen LogP contribution in [-0.4, -0.2) is 13.2 Å². The van der Waals surface area contributed by atoms with Crippen molar-refractivity contribution >= 4 is 0 Å². The van der Waals surface area contributed by atoms with E-state index in [2.05, 4.69) is 0 Å². The zero-order valence-electron chi connectivity index (χ0n) is 6.57. The Morgan fingerprint density at radius 1 is 0.800 bits per heavy atom. The quantitative estimate of drug-likeness (QED) is 0.502. The van der Waals surface area contributed by atoms with Crippen molar-refractivity contribution in [3.63, 3.8) is 0 Å². The summed E-state index contributed by atoms with van der Waals surface area (Å²) < 4.78 is 5.40. The molecule has 0 radical (unpaired) electrons. The van der Waals surface area contributed by atoms with Crippen molar-refractivity contribution < 1.29 is 4.74 Å². The van der Waals surface area contributed by atoms with Crippen LogP contribution in [0.3, 0.4) is 0 Å². The number of ether oxygens (including phenoxy) is 1. The van der Waals surface area contributed by atoms with E-state index in [4.69, 9.17) is 4.74 Å². The summed E-state index contributed by atoms with van der Waals surface area (Å²) in [7, 11) is 0. The Morgan fingerprint density at radius 2 is 1.40 bits per heavy atom. The summed E-state index contributed by atoms with van der Waals surface area (Å²) in [6, 6.07) is 0. The Morgan fingerprint density at radius 3 is 1.90 bits per heavy atom. The third-order valence-electron chi connectivity index (χ3n) is 2.95. The molecule has 58 valence electrons. The van der Waals surface area contributed by atoms with Gasteiger partial charge in [-0.25, -0.2) is 0 Å². The van der Waals surface area contributed by atoms with Crippen molar-refractivity contribution in [1.29, 1.82) is 0 Å². The van der Waals surface area contributed by atoms with E-state index >= 15 is 0 Å². The van der Waals surface area contributed by atoms with Crippen LogP contribution in [0.1, 0.15) is 38.5 Å². The highest BCUT2D eigenvalue weighted by Crippen LogP contribution is 2.53. The van der Waals surface area contributed by atoms with E-state index in [9.17, 15) is 0 Å². The molecular weight excluding hydrogens is 124 g/mol. The minimum absolute atomic E-state index is 0.823. The summed E-state index contributed by atoms with van der Waals surface area (Å²) in [5, 5.41) is 0. The monoisotopic (exact) mass is 140 g/mol. The van der Waals surface area contributed by atoms with E-state index in [1.807, 2.05) is 0 Å². The largest absolute Gasteiger partial charge is 0.381 e. The second-order valence-electron chi connectivity index (χ2n) is 3.82. The molecule has 1 saturated carbocycles. The van der Waals surface area contributed by atoms with Gasteiger partial charge in [0, 0.05) is 13.2 Å². The molecule has 1 heteroatoms. The van der Waals surface area contributed by atoms with Crippen molar-refractivity contribution in [1.82, 2.24) is 0 Å². The molecule has 2 fully saturated rings. The average Bonchev–Trinajstić information content (AvgIpc) is 2.61. The smallest absolute Gasteiger partial charge is 0.0466 e. The molecule has 1 spiro atoms. The highest BCUT2D eigenvalue weighted by Gasteiger charge is 2.41. The summed E-state index contributed by atoms with van der Waals surface area (Å²) in [5.74, 6) is 0. The molecule has 1 heterocycles. The predicted octanol–water partition coefficient (Wildman–Crippen LogP) is 2.36. The fourth-order valence-electron chi connectivity index (χ4n) is 2.00. The van der Waals surface area contributed by atoms with Gasteiger partial charge < -0.3 is 4.74 Å². The van der Waals surface area contributed by atoms with Gasteiger partial charge in [-0.3, -0.25) is 0 Å². The maximum absolute atomic E-state index is 5.40. The van der Waals surface area contributed by atoms with Crippen LogP contribution < -0.4 is 0 Å². The van der Waals surface area contributed by atoms with Crippen LogP contribution in [0.2, 0.25) is 0 Å². The van der Waals surface area contributed by atoms with Crippen LogP contribution in [-0.2, 0) is 4.74 Å². The van der Waals surface area contributed by atoms with E-state index in [0.29, 0.717) is 0 Å². The first-order chi connectivity index (χ1) is 4.91. The van der Waals surface area contributed by atoms with Gasteiger partial charge in [-0.2, -0.15) is 0 Å². The lowest BCUT2D eigenvalue weighted by atomic mass is 9.94. The van der Waals surface area contributed by atoms with Crippen LogP contribution in [0, 0.1) is 5.41 Å². The molecule has 0 aromatic carbocycles. The minimum atomic E-state index is 0.823. The van der Waals surface area contributed by atoms with Gasteiger partial charge in [-0.05, 0) is 43.9 Å². The summed E-state index contributed by atoms with van der Waals surface area (Å²) in [4.78, 5) is 0. The van der Waals surface area contributed by atoms with Gasteiger partial charge in [0.2, 0.25) is 0 Å². The average molecular weight is 140 g/mol. The van der Waals surface area contributed by atoms with Gasteiger partial charge >= 0.3 is 0 Å². The van der Waals surface area contributed by atoms with Crippen LogP contribution in [0.25, 0.3) is 0 Å². The molecule has 2 aliphatic rings. The molecule has 0 unspecified atom stereocenters. The molecule has 0 N–H and O–H groups in total.